The molecule has 69 heavy (non-hydrogen) atoms. The number of para-hydroxylation sites is 3. The molecule has 0 spiro atoms. The Morgan fingerprint density at radius 3 is 1.65 bits per heavy atom. The van der Waals surface area contributed by atoms with Crippen molar-refractivity contribution in [3.05, 3.63) is 243 Å². The molecule has 0 fully saturated rings. The molecule has 0 atom stereocenters. The van der Waals surface area contributed by atoms with E-state index in [-0.39, 0.29) is 0 Å². The fourth-order valence-electron chi connectivity index (χ4n) is 10.6. The summed E-state index contributed by atoms with van der Waals surface area (Å²) in [6, 6.07) is 80.2. The van der Waals surface area contributed by atoms with E-state index >= 15 is 0 Å². The molecule has 0 N–H and O–H groups in total. The third-order valence-electron chi connectivity index (χ3n) is 13.7. The standard InChI is InChI=1S/C63H40N6/c1-4-15-41(16-5-1)45-35-55(42-17-6-2-7-18-42)66-62(37-45)69-57-24-13-10-21-50(57)52-29-26-44(36-61(52)69)47-33-46(39-64-40-47)43-27-30-58-53(34-43)51-22-11-12-23-56(51)68(58)49-28-31-59-54(38-49)63-60(25-14-32-65-63)67(59)48-19-8-3-9-20-48/h1-40H. The smallest absolute Gasteiger partial charge is 0.138 e. The van der Waals surface area contributed by atoms with Gasteiger partial charge in [-0.3, -0.25) is 14.5 Å². The molecule has 0 aliphatic carbocycles. The van der Waals surface area contributed by atoms with Crippen LogP contribution in [0.2, 0.25) is 0 Å². The summed E-state index contributed by atoms with van der Waals surface area (Å²) in [7, 11) is 0. The second kappa shape index (κ2) is 15.6. The van der Waals surface area contributed by atoms with Gasteiger partial charge in [-0.05, 0) is 113 Å². The van der Waals surface area contributed by atoms with Crippen molar-refractivity contribution in [2.75, 3.05) is 0 Å². The zero-order valence-electron chi connectivity index (χ0n) is 37.3. The van der Waals surface area contributed by atoms with Crippen LogP contribution in [0.3, 0.4) is 0 Å². The fourth-order valence-corrected chi connectivity index (χ4v) is 10.6. The minimum atomic E-state index is 0.869. The maximum Gasteiger partial charge on any atom is 0.138 e. The molecule has 6 nitrogen and oxygen atoms in total. The molecule has 0 bridgehead atoms. The van der Waals surface area contributed by atoms with Crippen LogP contribution in [0.25, 0.3) is 127 Å². The number of aromatic nitrogens is 6. The minimum absolute atomic E-state index is 0.869. The van der Waals surface area contributed by atoms with Crippen LogP contribution in [-0.2, 0) is 0 Å². The second-order valence-corrected chi connectivity index (χ2v) is 17.7. The van der Waals surface area contributed by atoms with E-state index in [4.69, 9.17) is 15.0 Å². The van der Waals surface area contributed by atoms with Gasteiger partial charge in [-0.1, -0.05) is 133 Å². The largest absolute Gasteiger partial charge is 0.309 e. The van der Waals surface area contributed by atoms with Crippen molar-refractivity contribution in [1.29, 1.82) is 0 Å². The van der Waals surface area contributed by atoms with Crippen LogP contribution in [-0.4, -0.2) is 28.7 Å². The highest BCUT2D eigenvalue weighted by atomic mass is 15.1. The van der Waals surface area contributed by atoms with Gasteiger partial charge in [-0.15, -0.1) is 0 Å². The van der Waals surface area contributed by atoms with Gasteiger partial charge in [0.2, 0.25) is 0 Å². The lowest BCUT2D eigenvalue weighted by Gasteiger charge is -2.13. The van der Waals surface area contributed by atoms with Gasteiger partial charge in [-0.2, -0.15) is 0 Å². The summed E-state index contributed by atoms with van der Waals surface area (Å²) >= 11 is 0. The van der Waals surface area contributed by atoms with Gasteiger partial charge in [0.1, 0.15) is 5.82 Å². The maximum absolute atomic E-state index is 5.38. The van der Waals surface area contributed by atoms with Crippen molar-refractivity contribution < 1.29 is 0 Å². The molecule has 8 aromatic carbocycles. The molecule has 0 saturated heterocycles. The molecule has 322 valence electrons. The number of rotatable bonds is 7. The highest BCUT2D eigenvalue weighted by molar-refractivity contribution is 6.13. The van der Waals surface area contributed by atoms with Crippen molar-refractivity contribution in [3.8, 4) is 61.8 Å². The van der Waals surface area contributed by atoms with E-state index in [1.807, 2.05) is 30.7 Å². The first-order valence-electron chi connectivity index (χ1n) is 23.3. The summed E-state index contributed by atoms with van der Waals surface area (Å²) in [4.78, 5) is 15.2. The van der Waals surface area contributed by atoms with Gasteiger partial charge < -0.3 is 9.13 Å². The summed E-state index contributed by atoms with van der Waals surface area (Å²) in [6.45, 7) is 0. The third-order valence-corrected chi connectivity index (χ3v) is 13.7. The molecule has 14 aromatic rings. The monoisotopic (exact) mass is 880 g/mol. The summed E-state index contributed by atoms with van der Waals surface area (Å²) in [5.41, 5.74) is 18.4. The molecule has 14 rings (SSSR count). The molecule has 6 aromatic heterocycles. The number of pyridine rings is 3. The summed E-state index contributed by atoms with van der Waals surface area (Å²) in [6.07, 6.45) is 5.84. The Balaban J connectivity index is 0.889. The number of nitrogens with zero attached hydrogens (tertiary/aromatic N) is 6. The first kappa shape index (κ1) is 38.8. The highest BCUT2D eigenvalue weighted by Crippen LogP contribution is 2.40. The number of benzene rings is 8. The Hall–Kier alpha value is -9.39. The van der Waals surface area contributed by atoms with E-state index in [9.17, 15) is 0 Å². The summed E-state index contributed by atoms with van der Waals surface area (Å²) in [5, 5.41) is 5.85. The average molecular weight is 881 g/mol. The van der Waals surface area contributed by atoms with Crippen LogP contribution in [0.4, 0.5) is 0 Å². The van der Waals surface area contributed by atoms with Gasteiger partial charge >= 0.3 is 0 Å². The van der Waals surface area contributed by atoms with E-state index in [2.05, 4.69) is 226 Å². The van der Waals surface area contributed by atoms with Gasteiger partial charge in [0.05, 0.1) is 44.3 Å². The van der Waals surface area contributed by atoms with Gasteiger partial charge in [-0.25, -0.2) is 4.98 Å². The van der Waals surface area contributed by atoms with Crippen molar-refractivity contribution >= 4 is 65.5 Å². The maximum atomic E-state index is 5.38. The molecule has 6 heteroatoms. The van der Waals surface area contributed by atoms with Crippen LogP contribution in [0.5, 0.6) is 0 Å². The van der Waals surface area contributed by atoms with E-state index in [0.29, 0.717) is 0 Å². The molecule has 0 aliphatic heterocycles. The highest BCUT2D eigenvalue weighted by Gasteiger charge is 2.20. The fraction of sp³-hybridized carbons (Fsp3) is 0. The lowest BCUT2D eigenvalue weighted by molar-refractivity contribution is 1.08. The van der Waals surface area contributed by atoms with E-state index in [1.165, 1.54) is 21.5 Å². The minimum Gasteiger partial charge on any atom is -0.309 e. The predicted octanol–water partition coefficient (Wildman–Crippen LogP) is 15.8. The number of hydrogen-bond donors (Lipinski definition) is 0. The van der Waals surface area contributed by atoms with E-state index in [1.54, 1.807) is 0 Å². The molecule has 0 unspecified atom stereocenters. The Bertz CT molecular complexity index is 4240. The number of fused-ring (bicyclic) bond motifs is 9. The Morgan fingerprint density at radius 1 is 0.290 bits per heavy atom. The van der Waals surface area contributed by atoms with Crippen LogP contribution in [0.15, 0.2) is 243 Å². The Labute approximate surface area is 397 Å². The Morgan fingerprint density at radius 2 is 0.870 bits per heavy atom. The van der Waals surface area contributed by atoms with E-state index < -0.39 is 0 Å². The first-order chi connectivity index (χ1) is 34.2. The Kier molecular flexibility index (Phi) is 8.79. The zero-order chi connectivity index (χ0) is 45.4. The van der Waals surface area contributed by atoms with Crippen LogP contribution in [0.1, 0.15) is 0 Å². The van der Waals surface area contributed by atoms with E-state index in [0.717, 1.165) is 106 Å². The summed E-state index contributed by atoms with van der Waals surface area (Å²) < 4.78 is 7.02. The quantitative estimate of drug-likeness (QED) is 0.160. The summed E-state index contributed by atoms with van der Waals surface area (Å²) in [5.74, 6) is 0.869. The van der Waals surface area contributed by atoms with Gasteiger partial charge in [0.15, 0.2) is 0 Å². The van der Waals surface area contributed by atoms with Crippen molar-refractivity contribution in [3.63, 3.8) is 0 Å². The molecule has 0 amide bonds. The SMILES string of the molecule is c1ccc(-c2cc(-c3ccccc3)nc(-n3c4ccccc4c4ccc(-c5cncc(-c6ccc7c(c6)c6ccccc6n7-c6ccc7c(c6)c6ncccc6n7-c6ccccc6)c5)cc43)c2)cc1. The van der Waals surface area contributed by atoms with Crippen LogP contribution in [0, 0.1) is 0 Å². The first-order valence-corrected chi connectivity index (χ1v) is 23.3. The third kappa shape index (κ3) is 6.30. The molecule has 0 radical (unpaired) electrons. The van der Waals surface area contributed by atoms with Crippen LogP contribution < -0.4 is 0 Å². The van der Waals surface area contributed by atoms with Crippen molar-refractivity contribution in [2.45, 2.75) is 0 Å². The zero-order valence-corrected chi connectivity index (χ0v) is 37.3. The number of hydrogen-bond acceptors (Lipinski definition) is 3. The van der Waals surface area contributed by atoms with Crippen molar-refractivity contribution in [2.24, 2.45) is 0 Å². The molecular formula is C63H40N6. The molecule has 0 aliphatic rings. The topological polar surface area (TPSA) is 53.5 Å². The molecule has 0 saturated carbocycles. The lowest BCUT2D eigenvalue weighted by atomic mass is 9.99. The normalized spacial score (nSPS) is 11.8. The molecule has 6 heterocycles. The second-order valence-electron chi connectivity index (χ2n) is 17.7. The van der Waals surface area contributed by atoms with Crippen LogP contribution >= 0.6 is 0 Å². The van der Waals surface area contributed by atoms with Gasteiger partial charge in [0.25, 0.3) is 0 Å². The lowest BCUT2D eigenvalue weighted by Crippen LogP contribution is -2.00. The molecular weight excluding hydrogens is 841 g/mol. The predicted molar refractivity (Wildman–Crippen MR) is 285 cm³/mol. The van der Waals surface area contributed by atoms with Gasteiger partial charge in [0, 0.05) is 73.6 Å². The average Bonchev–Trinajstić information content (AvgIpc) is 4.06. The van der Waals surface area contributed by atoms with Crippen molar-refractivity contribution in [1.82, 2.24) is 28.7 Å².